The van der Waals surface area contributed by atoms with Gasteiger partial charge in [-0.05, 0) is 37.4 Å². The van der Waals surface area contributed by atoms with E-state index in [0.717, 1.165) is 19.5 Å². The molecule has 1 saturated heterocycles. The molecule has 1 fully saturated rings. The first kappa shape index (κ1) is 16.0. The number of likely N-dealkylation sites (N-methyl/N-ethyl adjacent to an activating group) is 1. The summed E-state index contributed by atoms with van der Waals surface area (Å²) in [5.74, 6) is 0.174. The highest BCUT2D eigenvalue weighted by atomic mass is 16.2. The lowest BCUT2D eigenvalue weighted by Gasteiger charge is -2.28. The average Bonchev–Trinajstić information content (AvgIpc) is 2.88. The summed E-state index contributed by atoms with van der Waals surface area (Å²) in [6.45, 7) is 7.34. The third kappa shape index (κ3) is 3.83. The van der Waals surface area contributed by atoms with Gasteiger partial charge in [-0.15, -0.1) is 0 Å². The van der Waals surface area contributed by atoms with E-state index in [4.69, 9.17) is 5.73 Å². The summed E-state index contributed by atoms with van der Waals surface area (Å²) in [5, 5.41) is 0. The van der Waals surface area contributed by atoms with E-state index in [1.165, 1.54) is 5.56 Å². The molecule has 0 spiro atoms. The van der Waals surface area contributed by atoms with Crippen LogP contribution in [0, 0.1) is 5.41 Å². The maximum Gasteiger partial charge on any atom is 0.236 e. The highest BCUT2D eigenvalue weighted by Crippen LogP contribution is 2.28. The standard InChI is InChI=1S/C17H27N3O/c1-14(15-7-5-4-6-8-15)19(3)16(21)11-20-10-9-17(2,12-18)13-20/h4-8,14H,9-13,18H2,1-3H3. The van der Waals surface area contributed by atoms with Gasteiger partial charge >= 0.3 is 0 Å². The molecular weight excluding hydrogens is 262 g/mol. The van der Waals surface area contributed by atoms with Gasteiger partial charge in [0.1, 0.15) is 0 Å². The molecule has 4 heteroatoms. The molecular formula is C17H27N3O. The van der Waals surface area contributed by atoms with Crippen molar-refractivity contribution in [2.24, 2.45) is 11.1 Å². The van der Waals surface area contributed by atoms with Crippen LogP contribution >= 0.6 is 0 Å². The molecule has 2 rings (SSSR count). The number of benzene rings is 1. The summed E-state index contributed by atoms with van der Waals surface area (Å²) in [7, 11) is 1.89. The smallest absolute Gasteiger partial charge is 0.236 e. The van der Waals surface area contributed by atoms with Crippen LogP contribution < -0.4 is 5.73 Å². The molecule has 2 N–H and O–H groups in total. The van der Waals surface area contributed by atoms with Crippen molar-refractivity contribution >= 4 is 5.91 Å². The third-order valence-corrected chi connectivity index (χ3v) is 4.74. The van der Waals surface area contributed by atoms with E-state index in [1.807, 2.05) is 30.1 Å². The van der Waals surface area contributed by atoms with Crippen molar-refractivity contribution < 1.29 is 4.79 Å². The lowest BCUT2D eigenvalue weighted by atomic mass is 9.90. The van der Waals surface area contributed by atoms with Gasteiger partial charge in [0.25, 0.3) is 0 Å². The summed E-state index contributed by atoms with van der Waals surface area (Å²) >= 11 is 0. The van der Waals surface area contributed by atoms with Crippen molar-refractivity contribution in [1.29, 1.82) is 0 Å². The van der Waals surface area contributed by atoms with Crippen molar-refractivity contribution in [2.45, 2.75) is 26.3 Å². The zero-order valence-electron chi connectivity index (χ0n) is 13.4. The van der Waals surface area contributed by atoms with Crippen LogP contribution in [0.3, 0.4) is 0 Å². The number of likely N-dealkylation sites (tertiary alicyclic amines) is 1. The average molecular weight is 289 g/mol. The maximum absolute atomic E-state index is 12.5. The Bertz CT molecular complexity index is 476. The highest BCUT2D eigenvalue weighted by molar-refractivity contribution is 5.78. The van der Waals surface area contributed by atoms with Gasteiger partial charge in [0.2, 0.25) is 5.91 Å². The summed E-state index contributed by atoms with van der Waals surface area (Å²) in [6.07, 6.45) is 1.08. The predicted molar refractivity (Wildman–Crippen MR) is 85.8 cm³/mol. The summed E-state index contributed by atoms with van der Waals surface area (Å²) in [5.41, 5.74) is 7.16. The second kappa shape index (κ2) is 6.58. The van der Waals surface area contributed by atoms with E-state index >= 15 is 0 Å². The number of rotatable bonds is 5. The maximum atomic E-state index is 12.5. The van der Waals surface area contributed by atoms with Crippen molar-refractivity contribution in [2.75, 3.05) is 33.2 Å². The monoisotopic (exact) mass is 289 g/mol. The molecule has 0 radical (unpaired) electrons. The first-order valence-corrected chi connectivity index (χ1v) is 7.68. The quantitative estimate of drug-likeness (QED) is 0.900. The van der Waals surface area contributed by atoms with Crippen molar-refractivity contribution in [3.8, 4) is 0 Å². The van der Waals surface area contributed by atoms with Gasteiger partial charge in [-0.2, -0.15) is 0 Å². The van der Waals surface area contributed by atoms with Crippen LogP contribution in [-0.4, -0.2) is 48.9 Å². The van der Waals surface area contributed by atoms with Crippen molar-refractivity contribution in [3.05, 3.63) is 35.9 Å². The highest BCUT2D eigenvalue weighted by Gasteiger charge is 2.33. The van der Waals surface area contributed by atoms with Gasteiger partial charge in [-0.25, -0.2) is 0 Å². The Balaban J connectivity index is 1.92. The molecule has 1 aromatic rings. The Morgan fingerprint density at radius 1 is 1.43 bits per heavy atom. The fourth-order valence-corrected chi connectivity index (χ4v) is 2.90. The van der Waals surface area contributed by atoms with Gasteiger partial charge in [0, 0.05) is 13.6 Å². The number of amides is 1. The zero-order valence-corrected chi connectivity index (χ0v) is 13.4. The minimum absolute atomic E-state index is 0.0993. The van der Waals surface area contributed by atoms with Crippen LogP contribution in [0.1, 0.15) is 31.9 Å². The predicted octanol–water partition coefficient (Wildman–Crippen LogP) is 1.88. The van der Waals surface area contributed by atoms with Crippen molar-refractivity contribution in [3.63, 3.8) is 0 Å². The Kier molecular flexibility index (Phi) is 5.01. The van der Waals surface area contributed by atoms with Gasteiger partial charge in [-0.3, -0.25) is 9.69 Å². The molecule has 2 atom stereocenters. The second-order valence-corrected chi connectivity index (χ2v) is 6.57. The summed E-state index contributed by atoms with van der Waals surface area (Å²) < 4.78 is 0. The minimum Gasteiger partial charge on any atom is -0.338 e. The molecule has 1 aliphatic rings. The van der Waals surface area contributed by atoms with Gasteiger partial charge in [-0.1, -0.05) is 37.3 Å². The Labute approximate surface area is 127 Å². The lowest BCUT2D eigenvalue weighted by Crippen LogP contribution is -2.40. The number of hydrogen-bond donors (Lipinski definition) is 1. The molecule has 2 unspecified atom stereocenters. The van der Waals surface area contributed by atoms with Crippen LogP contribution in [0.5, 0.6) is 0 Å². The van der Waals surface area contributed by atoms with Crippen LogP contribution in [0.4, 0.5) is 0 Å². The number of hydrogen-bond acceptors (Lipinski definition) is 3. The van der Waals surface area contributed by atoms with Crippen LogP contribution in [0.2, 0.25) is 0 Å². The van der Waals surface area contributed by atoms with Gasteiger partial charge < -0.3 is 10.6 Å². The molecule has 1 amide bonds. The SMILES string of the molecule is CC(c1ccccc1)N(C)C(=O)CN1CCC(C)(CN)C1. The first-order valence-electron chi connectivity index (χ1n) is 7.68. The Morgan fingerprint density at radius 3 is 2.67 bits per heavy atom. The minimum atomic E-state index is 0.0993. The topological polar surface area (TPSA) is 49.6 Å². The van der Waals surface area contributed by atoms with Gasteiger partial charge in [0.05, 0.1) is 12.6 Å². The lowest BCUT2D eigenvalue weighted by molar-refractivity contribution is -0.132. The first-order chi connectivity index (χ1) is 9.95. The van der Waals surface area contributed by atoms with Crippen molar-refractivity contribution in [1.82, 2.24) is 9.80 Å². The largest absolute Gasteiger partial charge is 0.338 e. The van der Waals surface area contributed by atoms with Crippen LogP contribution in [-0.2, 0) is 4.79 Å². The number of carbonyl (C=O) groups is 1. The molecule has 116 valence electrons. The Morgan fingerprint density at radius 2 is 2.10 bits per heavy atom. The number of nitrogens with two attached hydrogens (primary N) is 1. The fraction of sp³-hybridized carbons (Fsp3) is 0.588. The summed E-state index contributed by atoms with van der Waals surface area (Å²) in [4.78, 5) is 16.5. The van der Waals surface area contributed by atoms with E-state index < -0.39 is 0 Å². The number of nitrogens with zero attached hydrogens (tertiary/aromatic N) is 2. The van der Waals surface area contributed by atoms with Gasteiger partial charge in [0.15, 0.2) is 0 Å². The zero-order chi connectivity index (χ0) is 15.5. The van der Waals surface area contributed by atoms with E-state index in [2.05, 4.69) is 30.9 Å². The van der Waals surface area contributed by atoms with E-state index in [-0.39, 0.29) is 17.4 Å². The van der Waals surface area contributed by atoms with E-state index in [1.54, 1.807) is 0 Å². The number of carbonyl (C=O) groups excluding carboxylic acids is 1. The van der Waals surface area contributed by atoms with E-state index in [9.17, 15) is 4.79 Å². The third-order valence-electron chi connectivity index (χ3n) is 4.74. The normalized spacial score (nSPS) is 24.0. The summed E-state index contributed by atoms with van der Waals surface area (Å²) in [6, 6.07) is 10.2. The van der Waals surface area contributed by atoms with Crippen LogP contribution in [0.15, 0.2) is 30.3 Å². The molecule has 21 heavy (non-hydrogen) atoms. The molecule has 0 aromatic heterocycles. The molecule has 1 aliphatic heterocycles. The molecule has 1 heterocycles. The van der Waals surface area contributed by atoms with E-state index in [0.29, 0.717) is 13.1 Å². The Hall–Kier alpha value is -1.39. The van der Waals surface area contributed by atoms with Crippen LogP contribution in [0.25, 0.3) is 0 Å². The molecule has 4 nitrogen and oxygen atoms in total. The molecule has 0 aliphatic carbocycles. The molecule has 0 saturated carbocycles. The fourth-order valence-electron chi connectivity index (χ4n) is 2.90. The molecule has 1 aromatic carbocycles. The second-order valence-electron chi connectivity index (χ2n) is 6.57. The molecule has 0 bridgehead atoms.